The zero-order valence-corrected chi connectivity index (χ0v) is 10.2. The van der Waals surface area contributed by atoms with Gasteiger partial charge < -0.3 is 10.6 Å². The van der Waals surface area contributed by atoms with E-state index in [0.29, 0.717) is 13.0 Å². The first-order valence-corrected chi connectivity index (χ1v) is 6.05. The van der Waals surface area contributed by atoms with Crippen LogP contribution in [0.25, 0.3) is 0 Å². The third-order valence-electron chi connectivity index (χ3n) is 3.57. The molecule has 0 radical (unpaired) electrons. The topological polar surface area (TPSA) is 59.2 Å². The quantitative estimate of drug-likeness (QED) is 0.846. The molecule has 0 aromatic carbocycles. The molecule has 0 bridgehead atoms. The first kappa shape index (κ1) is 12.0. The monoisotopic (exact) mass is 233 g/mol. The number of amides is 1. The minimum absolute atomic E-state index is 0.153. The molecule has 0 aliphatic carbocycles. The highest BCUT2D eigenvalue weighted by Gasteiger charge is 2.37. The number of likely N-dealkylation sites (tertiary alicyclic amines) is 1. The molecule has 4 heteroatoms. The van der Waals surface area contributed by atoms with Crippen LogP contribution in [0.4, 0.5) is 0 Å². The van der Waals surface area contributed by atoms with Crippen molar-refractivity contribution in [3.63, 3.8) is 0 Å². The van der Waals surface area contributed by atoms with Gasteiger partial charge in [0.15, 0.2) is 0 Å². The standard InChI is InChI=1S/C13H19N3O/c1-13(10-14)5-3-7-16(13)12(17)8-11-4-2-6-15-9-11/h2,4,6,9H,3,5,7-8,10,14H2,1H3. The van der Waals surface area contributed by atoms with E-state index in [0.717, 1.165) is 24.9 Å². The van der Waals surface area contributed by atoms with Crippen molar-refractivity contribution in [2.24, 2.45) is 5.73 Å². The highest BCUT2D eigenvalue weighted by atomic mass is 16.2. The fourth-order valence-electron chi connectivity index (χ4n) is 2.43. The highest BCUT2D eigenvalue weighted by molar-refractivity contribution is 5.79. The summed E-state index contributed by atoms with van der Waals surface area (Å²) in [4.78, 5) is 18.2. The highest BCUT2D eigenvalue weighted by Crippen LogP contribution is 2.28. The zero-order valence-electron chi connectivity index (χ0n) is 10.2. The van der Waals surface area contributed by atoms with Gasteiger partial charge in [0.05, 0.1) is 12.0 Å². The Hall–Kier alpha value is -1.42. The summed E-state index contributed by atoms with van der Waals surface area (Å²) in [5, 5.41) is 0. The maximum Gasteiger partial charge on any atom is 0.227 e. The Labute approximate surface area is 102 Å². The SMILES string of the molecule is CC1(CN)CCCN1C(=O)Cc1cccnc1. The summed E-state index contributed by atoms with van der Waals surface area (Å²) >= 11 is 0. The molecule has 0 spiro atoms. The van der Waals surface area contributed by atoms with Gasteiger partial charge in [-0.15, -0.1) is 0 Å². The summed E-state index contributed by atoms with van der Waals surface area (Å²) in [5.74, 6) is 0.156. The summed E-state index contributed by atoms with van der Waals surface area (Å²) in [5.41, 5.74) is 6.59. The lowest BCUT2D eigenvalue weighted by Crippen LogP contribution is -2.50. The van der Waals surface area contributed by atoms with Crippen LogP contribution in [0.5, 0.6) is 0 Å². The van der Waals surface area contributed by atoms with Crippen molar-refractivity contribution in [3.05, 3.63) is 30.1 Å². The van der Waals surface area contributed by atoms with Crippen LogP contribution in [0, 0.1) is 0 Å². The molecule has 2 rings (SSSR count). The summed E-state index contributed by atoms with van der Waals surface area (Å²) in [7, 11) is 0. The van der Waals surface area contributed by atoms with E-state index in [1.54, 1.807) is 12.4 Å². The molecule has 1 aliphatic heterocycles. The van der Waals surface area contributed by atoms with Crippen LogP contribution in [-0.4, -0.2) is 34.4 Å². The van der Waals surface area contributed by atoms with E-state index >= 15 is 0 Å². The molecule has 1 amide bonds. The van der Waals surface area contributed by atoms with Crippen LogP contribution in [0.3, 0.4) is 0 Å². The maximum absolute atomic E-state index is 12.2. The van der Waals surface area contributed by atoms with E-state index in [9.17, 15) is 4.79 Å². The van der Waals surface area contributed by atoms with Crippen LogP contribution in [-0.2, 0) is 11.2 Å². The van der Waals surface area contributed by atoms with E-state index < -0.39 is 0 Å². The smallest absolute Gasteiger partial charge is 0.227 e. The number of pyridine rings is 1. The minimum atomic E-state index is -0.153. The Kier molecular flexibility index (Phi) is 3.43. The minimum Gasteiger partial charge on any atom is -0.336 e. The molecule has 1 aliphatic rings. The van der Waals surface area contributed by atoms with Crippen LogP contribution >= 0.6 is 0 Å². The number of hydrogen-bond acceptors (Lipinski definition) is 3. The van der Waals surface area contributed by atoms with E-state index in [-0.39, 0.29) is 11.4 Å². The van der Waals surface area contributed by atoms with E-state index in [4.69, 9.17) is 5.73 Å². The van der Waals surface area contributed by atoms with E-state index in [1.165, 1.54) is 0 Å². The van der Waals surface area contributed by atoms with Gasteiger partial charge in [-0.3, -0.25) is 9.78 Å². The number of aromatic nitrogens is 1. The zero-order chi connectivity index (χ0) is 12.3. The molecule has 0 saturated carbocycles. The third-order valence-corrected chi connectivity index (χ3v) is 3.57. The molecule has 1 aromatic heterocycles. The molecule has 1 saturated heterocycles. The van der Waals surface area contributed by atoms with Crippen molar-refractivity contribution >= 4 is 5.91 Å². The van der Waals surface area contributed by atoms with Crippen LogP contribution in [0.15, 0.2) is 24.5 Å². The first-order valence-electron chi connectivity index (χ1n) is 6.05. The van der Waals surface area contributed by atoms with Crippen LogP contribution in [0.1, 0.15) is 25.3 Å². The van der Waals surface area contributed by atoms with Gasteiger partial charge in [-0.1, -0.05) is 6.07 Å². The lowest BCUT2D eigenvalue weighted by molar-refractivity contribution is -0.133. The van der Waals surface area contributed by atoms with Gasteiger partial charge in [0, 0.05) is 25.5 Å². The van der Waals surface area contributed by atoms with Crippen molar-refractivity contribution in [1.82, 2.24) is 9.88 Å². The normalized spacial score (nSPS) is 24.0. The van der Waals surface area contributed by atoms with Gasteiger partial charge in [0.2, 0.25) is 5.91 Å². The van der Waals surface area contributed by atoms with Crippen molar-refractivity contribution < 1.29 is 4.79 Å². The number of carbonyl (C=O) groups excluding carboxylic acids is 1. The number of hydrogen-bond donors (Lipinski definition) is 1. The Morgan fingerprint density at radius 1 is 1.65 bits per heavy atom. The molecule has 1 aromatic rings. The number of nitrogens with zero attached hydrogens (tertiary/aromatic N) is 2. The van der Waals surface area contributed by atoms with Crippen molar-refractivity contribution in [1.29, 1.82) is 0 Å². The second-order valence-electron chi connectivity index (χ2n) is 4.89. The predicted molar refractivity (Wildman–Crippen MR) is 66.3 cm³/mol. The van der Waals surface area contributed by atoms with Crippen molar-refractivity contribution in [3.8, 4) is 0 Å². The Morgan fingerprint density at radius 3 is 3.12 bits per heavy atom. The molecule has 2 N–H and O–H groups in total. The fourth-order valence-corrected chi connectivity index (χ4v) is 2.43. The van der Waals surface area contributed by atoms with E-state index in [2.05, 4.69) is 11.9 Å². The number of rotatable bonds is 3. The average Bonchev–Trinajstić information content (AvgIpc) is 2.73. The molecular formula is C13H19N3O. The maximum atomic E-state index is 12.2. The van der Waals surface area contributed by atoms with Gasteiger partial charge >= 0.3 is 0 Å². The molecular weight excluding hydrogens is 214 g/mol. The Morgan fingerprint density at radius 2 is 2.47 bits per heavy atom. The van der Waals surface area contributed by atoms with Gasteiger partial charge in [-0.25, -0.2) is 0 Å². The lowest BCUT2D eigenvalue weighted by Gasteiger charge is -2.34. The predicted octanol–water partition coefficient (Wildman–Crippen LogP) is 0.964. The molecule has 1 atom stereocenters. The molecule has 1 fully saturated rings. The second kappa shape index (κ2) is 4.84. The van der Waals surface area contributed by atoms with Gasteiger partial charge in [0.25, 0.3) is 0 Å². The summed E-state index contributed by atoms with van der Waals surface area (Å²) < 4.78 is 0. The lowest BCUT2D eigenvalue weighted by atomic mass is 9.99. The fraction of sp³-hybridized carbons (Fsp3) is 0.538. The molecule has 92 valence electrons. The Balaban J connectivity index is 2.06. The van der Waals surface area contributed by atoms with Crippen LogP contribution in [0.2, 0.25) is 0 Å². The van der Waals surface area contributed by atoms with Gasteiger partial charge in [0.1, 0.15) is 0 Å². The molecule has 1 unspecified atom stereocenters. The van der Waals surface area contributed by atoms with Crippen molar-refractivity contribution in [2.45, 2.75) is 31.7 Å². The van der Waals surface area contributed by atoms with Gasteiger partial charge in [-0.2, -0.15) is 0 Å². The summed E-state index contributed by atoms with van der Waals surface area (Å²) in [6.07, 6.45) is 5.93. The summed E-state index contributed by atoms with van der Waals surface area (Å²) in [6, 6.07) is 3.79. The molecule has 17 heavy (non-hydrogen) atoms. The summed E-state index contributed by atoms with van der Waals surface area (Å²) in [6.45, 7) is 3.43. The largest absolute Gasteiger partial charge is 0.336 e. The van der Waals surface area contributed by atoms with Crippen molar-refractivity contribution in [2.75, 3.05) is 13.1 Å². The molecule has 4 nitrogen and oxygen atoms in total. The molecule has 2 heterocycles. The second-order valence-corrected chi connectivity index (χ2v) is 4.89. The number of carbonyl (C=O) groups is 1. The third kappa shape index (κ3) is 2.47. The Bertz CT molecular complexity index is 393. The first-order chi connectivity index (χ1) is 8.15. The van der Waals surface area contributed by atoms with Crippen LogP contribution < -0.4 is 5.73 Å². The average molecular weight is 233 g/mol. The van der Waals surface area contributed by atoms with E-state index in [1.807, 2.05) is 17.0 Å². The van der Waals surface area contributed by atoms with Gasteiger partial charge in [-0.05, 0) is 31.4 Å². The number of nitrogens with two attached hydrogens (primary N) is 1.